The fraction of sp³-hybridized carbons (Fsp3) is 0.412. The molecule has 6 heteroatoms. The number of carbonyl (C=O) groups is 1. The Morgan fingerprint density at radius 3 is 3.00 bits per heavy atom. The number of likely N-dealkylation sites (tertiary alicyclic amines) is 1. The molecule has 0 saturated carbocycles. The van der Waals surface area contributed by atoms with Gasteiger partial charge in [-0.2, -0.15) is 0 Å². The number of nitrogens with zero attached hydrogens (tertiary/aromatic N) is 2. The number of ether oxygens (including phenoxy) is 2. The topological polar surface area (TPSA) is 64.8 Å². The zero-order valence-corrected chi connectivity index (χ0v) is 13.1. The van der Waals surface area contributed by atoms with Gasteiger partial charge < -0.3 is 18.8 Å². The Kier molecular flexibility index (Phi) is 4.92. The van der Waals surface area contributed by atoms with Crippen LogP contribution in [-0.2, 0) is 11.3 Å². The maximum Gasteiger partial charge on any atom is 0.275 e. The van der Waals surface area contributed by atoms with E-state index in [0.29, 0.717) is 30.7 Å². The maximum absolute atomic E-state index is 12.4. The van der Waals surface area contributed by atoms with Crippen molar-refractivity contribution in [1.82, 2.24) is 9.88 Å². The molecule has 1 amide bonds. The first-order chi connectivity index (χ1) is 11.3. The van der Waals surface area contributed by atoms with Crippen molar-refractivity contribution in [3.8, 4) is 5.75 Å². The van der Waals surface area contributed by atoms with Crippen LogP contribution in [0.15, 0.2) is 41.0 Å². The molecule has 122 valence electrons. The monoisotopic (exact) mass is 316 g/mol. The molecular formula is C17H20N2O4. The van der Waals surface area contributed by atoms with Crippen molar-refractivity contribution >= 4 is 5.91 Å². The van der Waals surface area contributed by atoms with Crippen molar-refractivity contribution in [3.63, 3.8) is 0 Å². The average molecular weight is 316 g/mol. The molecule has 1 aromatic carbocycles. The van der Waals surface area contributed by atoms with Crippen molar-refractivity contribution in [1.29, 1.82) is 0 Å². The van der Waals surface area contributed by atoms with Crippen LogP contribution < -0.4 is 4.74 Å². The summed E-state index contributed by atoms with van der Waals surface area (Å²) < 4.78 is 16.0. The Balaban J connectivity index is 1.55. The fourth-order valence-corrected chi connectivity index (χ4v) is 2.69. The molecule has 0 radical (unpaired) electrons. The molecule has 1 atom stereocenters. The van der Waals surface area contributed by atoms with Gasteiger partial charge in [-0.05, 0) is 18.6 Å². The number of aromatic nitrogens is 1. The van der Waals surface area contributed by atoms with Crippen LogP contribution in [-0.4, -0.2) is 42.6 Å². The van der Waals surface area contributed by atoms with Crippen LogP contribution in [0.1, 0.15) is 22.8 Å². The van der Waals surface area contributed by atoms with Gasteiger partial charge in [-0.3, -0.25) is 4.79 Å². The first-order valence-electron chi connectivity index (χ1n) is 7.66. The number of rotatable bonds is 6. The normalized spacial score (nSPS) is 17.4. The highest BCUT2D eigenvalue weighted by atomic mass is 16.5. The Morgan fingerprint density at radius 2 is 2.22 bits per heavy atom. The second-order valence-electron chi connectivity index (χ2n) is 5.59. The molecule has 1 aromatic heterocycles. The van der Waals surface area contributed by atoms with E-state index in [1.54, 1.807) is 12.0 Å². The molecule has 1 unspecified atom stereocenters. The number of carbonyl (C=O) groups excluding carboxylic acids is 1. The zero-order valence-electron chi connectivity index (χ0n) is 13.1. The number of benzene rings is 1. The summed E-state index contributed by atoms with van der Waals surface area (Å²) in [6.07, 6.45) is 2.36. The summed E-state index contributed by atoms with van der Waals surface area (Å²) >= 11 is 0. The first kappa shape index (κ1) is 15.6. The molecule has 23 heavy (non-hydrogen) atoms. The summed E-state index contributed by atoms with van der Waals surface area (Å²) in [4.78, 5) is 18.4. The number of oxazole rings is 1. The number of amides is 1. The molecule has 2 heterocycles. The third-order valence-corrected chi connectivity index (χ3v) is 3.85. The lowest BCUT2D eigenvalue weighted by Crippen LogP contribution is -2.29. The number of hydrogen-bond acceptors (Lipinski definition) is 5. The molecule has 0 spiro atoms. The summed E-state index contributed by atoms with van der Waals surface area (Å²) in [5.74, 6) is 1.43. The molecule has 0 bridgehead atoms. The zero-order chi connectivity index (χ0) is 16.1. The van der Waals surface area contributed by atoms with E-state index in [-0.39, 0.29) is 12.5 Å². The van der Waals surface area contributed by atoms with Crippen molar-refractivity contribution in [2.24, 2.45) is 5.92 Å². The highest BCUT2D eigenvalue weighted by molar-refractivity contribution is 5.92. The third-order valence-electron chi connectivity index (χ3n) is 3.85. The average Bonchev–Trinajstić information content (AvgIpc) is 3.23. The van der Waals surface area contributed by atoms with E-state index >= 15 is 0 Å². The van der Waals surface area contributed by atoms with Gasteiger partial charge in [0.05, 0.1) is 6.61 Å². The molecule has 0 N–H and O–H groups in total. The van der Waals surface area contributed by atoms with Gasteiger partial charge in [0.15, 0.2) is 12.3 Å². The predicted octanol–water partition coefficient (Wildman–Crippen LogP) is 2.36. The van der Waals surface area contributed by atoms with Gasteiger partial charge in [0.1, 0.15) is 12.0 Å². The molecule has 1 fully saturated rings. The van der Waals surface area contributed by atoms with Crippen LogP contribution in [0, 0.1) is 5.92 Å². The minimum absolute atomic E-state index is 0.0988. The number of methoxy groups -OCH3 is 1. The Bertz CT molecular complexity index is 641. The van der Waals surface area contributed by atoms with Crippen LogP contribution in [0.2, 0.25) is 0 Å². The molecule has 0 aliphatic carbocycles. The highest BCUT2D eigenvalue weighted by Crippen LogP contribution is 2.19. The Morgan fingerprint density at radius 1 is 1.39 bits per heavy atom. The van der Waals surface area contributed by atoms with Crippen molar-refractivity contribution in [2.75, 3.05) is 26.8 Å². The van der Waals surface area contributed by atoms with Gasteiger partial charge in [-0.25, -0.2) is 4.98 Å². The minimum atomic E-state index is -0.0988. The second kappa shape index (κ2) is 7.28. The first-order valence-corrected chi connectivity index (χ1v) is 7.66. The van der Waals surface area contributed by atoms with Crippen LogP contribution in [0.5, 0.6) is 5.75 Å². The van der Waals surface area contributed by atoms with Crippen LogP contribution >= 0.6 is 0 Å². The van der Waals surface area contributed by atoms with Crippen LogP contribution in [0.4, 0.5) is 0 Å². The maximum atomic E-state index is 12.4. The molecule has 1 aliphatic rings. The standard InChI is InChI=1S/C17H20N2O4/c1-21-10-13-7-8-19(9-13)17(20)15-11-23-16(18-15)12-22-14-5-3-2-4-6-14/h2-6,11,13H,7-10,12H2,1H3. The van der Waals surface area contributed by atoms with Gasteiger partial charge in [-0.1, -0.05) is 18.2 Å². The highest BCUT2D eigenvalue weighted by Gasteiger charge is 2.28. The quantitative estimate of drug-likeness (QED) is 0.818. The van der Waals surface area contributed by atoms with E-state index in [2.05, 4.69) is 4.98 Å². The summed E-state index contributed by atoms with van der Waals surface area (Å²) in [5.41, 5.74) is 0.328. The molecule has 2 aromatic rings. The lowest BCUT2D eigenvalue weighted by Gasteiger charge is -2.14. The van der Waals surface area contributed by atoms with Gasteiger partial charge in [0.25, 0.3) is 5.91 Å². The van der Waals surface area contributed by atoms with Gasteiger partial charge in [0, 0.05) is 26.1 Å². The molecule has 1 saturated heterocycles. The van der Waals surface area contributed by atoms with Crippen LogP contribution in [0.25, 0.3) is 0 Å². The van der Waals surface area contributed by atoms with Crippen molar-refractivity contribution < 1.29 is 18.7 Å². The largest absolute Gasteiger partial charge is 0.484 e. The van der Waals surface area contributed by atoms with Gasteiger partial charge >= 0.3 is 0 Å². The van der Waals surface area contributed by atoms with E-state index in [4.69, 9.17) is 13.9 Å². The van der Waals surface area contributed by atoms with Crippen molar-refractivity contribution in [2.45, 2.75) is 13.0 Å². The van der Waals surface area contributed by atoms with E-state index in [1.807, 2.05) is 30.3 Å². The van der Waals surface area contributed by atoms with E-state index in [1.165, 1.54) is 6.26 Å². The number of hydrogen-bond donors (Lipinski definition) is 0. The molecule has 1 aliphatic heterocycles. The molecule has 6 nitrogen and oxygen atoms in total. The Hall–Kier alpha value is -2.34. The van der Waals surface area contributed by atoms with Crippen molar-refractivity contribution in [3.05, 3.63) is 48.2 Å². The van der Waals surface area contributed by atoms with E-state index < -0.39 is 0 Å². The SMILES string of the molecule is COCC1CCN(C(=O)c2coc(COc3ccccc3)n2)C1. The fourth-order valence-electron chi connectivity index (χ4n) is 2.69. The smallest absolute Gasteiger partial charge is 0.275 e. The predicted molar refractivity (Wildman–Crippen MR) is 83.2 cm³/mol. The molecule has 3 rings (SSSR count). The summed E-state index contributed by atoms with van der Waals surface area (Å²) in [6.45, 7) is 2.31. The lowest BCUT2D eigenvalue weighted by molar-refractivity contribution is 0.0769. The third kappa shape index (κ3) is 3.90. The number of para-hydroxylation sites is 1. The molecular weight excluding hydrogens is 296 g/mol. The minimum Gasteiger partial charge on any atom is -0.484 e. The second-order valence-corrected chi connectivity index (χ2v) is 5.59. The lowest BCUT2D eigenvalue weighted by atomic mass is 10.1. The van der Waals surface area contributed by atoms with Gasteiger partial charge in [0.2, 0.25) is 5.89 Å². The summed E-state index contributed by atoms with van der Waals surface area (Å²) in [5, 5.41) is 0. The van der Waals surface area contributed by atoms with Gasteiger partial charge in [-0.15, -0.1) is 0 Å². The van der Waals surface area contributed by atoms with E-state index in [9.17, 15) is 4.79 Å². The Labute approximate surface area is 135 Å². The van der Waals surface area contributed by atoms with Crippen LogP contribution in [0.3, 0.4) is 0 Å². The summed E-state index contributed by atoms with van der Waals surface area (Å²) in [7, 11) is 1.68. The summed E-state index contributed by atoms with van der Waals surface area (Å²) in [6, 6.07) is 9.42. The van der Waals surface area contributed by atoms with E-state index in [0.717, 1.165) is 18.7 Å².